The van der Waals surface area contributed by atoms with Crippen molar-refractivity contribution in [3.63, 3.8) is 0 Å². The van der Waals surface area contributed by atoms with E-state index in [1.165, 1.54) is 0 Å². The number of aryl methyl sites for hydroxylation is 1. The summed E-state index contributed by atoms with van der Waals surface area (Å²) >= 11 is 0. The van der Waals surface area contributed by atoms with Gasteiger partial charge in [-0.05, 0) is 43.7 Å². The fourth-order valence-corrected chi connectivity index (χ4v) is 2.35. The predicted octanol–water partition coefficient (Wildman–Crippen LogP) is 2.69. The van der Waals surface area contributed by atoms with Crippen LogP contribution in [-0.4, -0.2) is 31.7 Å². The predicted molar refractivity (Wildman–Crippen MR) is 104 cm³/mol. The number of hydrogen-bond acceptors (Lipinski definition) is 5. The lowest BCUT2D eigenvalue weighted by Crippen LogP contribution is -2.33. The van der Waals surface area contributed by atoms with Gasteiger partial charge in [-0.25, -0.2) is 5.43 Å². The summed E-state index contributed by atoms with van der Waals surface area (Å²) in [5.41, 5.74) is 5.45. The molecular formula is C20H23N3O4. The Bertz CT molecular complexity index is 845. The van der Waals surface area contributed by atoms with Crippen LogP contribution in [0.4, 0.5) is 5.69 Å². The minimum atomic E-state index is -0.831. The number of carbonyl (C=O) groups is 2. The van der Waals surface area contributed by atoms with Crippen LogP contribution in [0.25, 0.3) is 0 Å². The Labute approximate surface area is 158 Å². The molecule has 0 aromatic heterocycles. The third kappa shape index (κ3) is 5.85. The first-order chi connectivity index (χ1) is 12.9. The fraction of sp³-hybridized carbons (Fsp3) is 0.250. The second kappa shape index (κ2) is 9.38. The Morgan fingerprint density at radius 3 is 2.26 bits per heavy atom. The number of rotatable bonds is 6. The second-order valence-corrected chi connectivity index (χ2v) is 5.97. The first-order valence-corrected chi connectivity index (χ1v) is 8.35. The number of benzene rings is 2. The summed E-state index contributed by atoms with van der Waals surface area (Å²) in [4.78, 5) is 23.8. The third-order valence-electron chi connectivity index (χ3n) is 3.77. The van der Waals surface area contributed by atoms with Crippen molar-refractivity contribution in [1.29, 1.82) is 0 Å². The van der Waals surface area contributed by atoms with Crippen LogP contribution in [0.2, 0.25) is 0 Å². The fourth-order valence-electron chi connectivity index (χ4n) is 2.35. The summed E-state index contributed by atoms with van der Waals surface area (Å²) in [6, 6.07) is 12.7. The molecule has 27 heavy (non-hydrogen) atoms. The van der Waals surface area contributed by atoms with Crippen LogP contribution in [0.5, 0.6) is 11.5 Å². The normalized spacial score (nSPS) is 10.9. The van der Waals surface area contributed by atoms with E-state index in [-0.39, 0.29) is 0 Å². The molecule has 2 rings (SSSR count). The van der Waals surface area contributed by atoms with Gasteiger partial charge in [0.25, 0.3) is 0 Å². The molecule has 0 heterocycles. The molecule has 0 aliphatic heterocycles. The Morgan fingerprint density at radius 2 is 1.63 bits per heavy atom. The largest absolute Gasteiger partial charge is 0.493 e. The van der Waals surface area contributed by atoms with Crippen molar-refractivity contribution in [2.45, 2.75) is 20.3 Å². The first kappa shape index (κ1) is 20.0. The highest BCUT2D eigenvalue weighted by Gasteiger charge is 2.13. The third-order valence-corrected chi connectivity index (χ3v) is 3.77. The Morgan fingerprint density at radius 1 is 0.963 bits per heavy atom. The zero-order valence-corrected chi connectivity index (χ0v) is 15.8. The average Bonchev–Trinajstić information content (AvgIpc) is 2.67. The van der Waals surface area contributed by atoms with Crippen LogP contribution in [-0.2, 0) is 16.0 Å². The first-order valence-electron chi connectivity index (χ1n) is 8.35. The van der Waals surface area contributed by atoms with Crippen LogP contribution < -0.4 is 20.2 Å². The maximum Gasteiger partial charge on any atom is 0.329 e. The maximum atomic E-state index is 11.9. The van der Waals surface area contributed by atoms with Gasteiger partial charge in [0.2, 0.25) is 0 Å². The summed E-state index contributed by atoms with van der Waals surface area (Å²) < 4.78 is 10.5. The lowest BCUT2D eigenvalue weighted by molar-refractivity contribution is -0.136. The maximum absolute atomic E-state index is 11.9. The minimum Gasteiger partial charge on any atom is -0.493 e. The van der Waals surface area contributed by atoms with Gasteiger partial charge in [-0.1, -0.05) is 23.8 Å². The highest BCUT2D eigenvalue weighted by atomic mass is 16.5. The lowest BCUT2D eigenvalue weighted by atomic mass is 10.1. The number of hydrazone groups is 1. The molecule has 7 heteroatoms. The summed E-state index contributed by atoms with van der Waals surface area (Å²) in [5.74, 6) is -0.356. The summed E-state index contributed by atoms with van der Waals surface area (Å²) in [6.45, 7) is 3.70. The molecule has 2 aromatic carbocycles. The monoisotopic (exact) mass is 369 g/mol. The highest BCUT2D eigenvalue weighted by molar-refractivity contribution is 6.39. The molecule has 0 aliphatic rings. The summed E-state index contributed by atoms with van der Waals surface area (Å²) in [7, 11) is 3.14. The van der Waals surface area contributed by atoms with Crippen molar-refractivity contribution in [2.75, 3.05) is 19.5 Å². The van der Waals surface area contributed by atoms with Crippen molar-refractivity contribution in [1.82, 2.24) is 5.43 Å². The molecule has 0 bridgehead atoms. The zero-order valence-electron chi connectivity index (χ0n) is 15.8. The van der Waals surface area contributed by atoms with Gasteiger partial charge < -0.3 is 14.8 Å². The molecule has 0 radical (unpaired) electrons. The topological polar surface area (TPSA) is 89.0 Å². The van der Waals surface area contributed by atoms with Gasteiger partial charge in [-0.15, -0.1) is 0 Å². The number of hydrogen-bond donors (Lipinski definition) is 2. The van der Waals surface area contributed by atoms with Gasteiger partial charge in [0.05, 0.1) is 14.2 Å². The molecule has 0 spiro atoms. The van der Waals surface area contributed by atoms with E-state index in [2.05, 4.69) is 15.8 Å². The van der Waals surface area contributed by atoms with Crippen LogP contribution in [0.15, 0.2) is 47.6 Å². The summed E-state index contributed by atoms with van der Waals surface area (Å²) in [5, 5.41) is 6.50. The number of carbonyl (C=O) groups excluding carboxylic acids is 2. The van der Waals surface area contributed by atoms with Gasteiger partial charge in [0.15, 0.2) is 11.5 Å². The molecule has 7 nitrogen and oxygen atoms in total. The number of anilines is 1. The summed E-state index contributed by atoms with van der Waals surface area (Å²) in [6.07, 6.45) is 0.486. The molecule has 0 aliphatic carbocycles. The number of ether oxygens (including phenoxy) is 2. The Balaban J connectivity index is 1.93. The Hall–Kier alpha value is -3.35. The molecule has 0 unspecified atom stereocenters. The Kier molecular flexibility index (Phi) is 6.93. The number of nitrogens with zero attached hydrogens (tertiary/aromatic N) is 1. The van der Waals surface area contributed by atoms with Gasteiger partial charge in [0.1, 0.15) is 0 Å². The van der Waals surface area contributed by atoms with Crippen molar-refractivity contribution in [3.05, 3.63) is 53.6 Å². The van der Waals surface area contributed by atoms with E-state index in [1.807, 2.05) is 31.2 Å². The molecule has 2 aromatic rings. The van der Waals surface area contributed by atoms with E-state index in [4.69, 9.17) is 9.47 Å². The number of amides is 2. The SMILES string of the molecule is COc1ccc(C/C(C)=N\NC(=O)C(=O)Nc2ccc(C)cc2)cc1OC. The van der Waals surface area contributed by atoms with Crippen LogP contribution in [0.3, 0.4) is 0 Å². The molecule has 0 saturated heterocycles. The molecule has 0 atom stereocenters. The van der Waals surface area contributed by atoms with Crippen LogP contribution in [0, 0.1) is 6.92 Å². The van der Waals surface area contributed by atoms with Crippen molar-refractivity contribution in [3.8, 4) is 11.5 Å². The quantitative estimate of drug-likeness (QED) is 0.465. The number of nitrogens with one attached hydrogen (secondary N) is 2. The van der Waals surface area contributed by atoms with Gasteiger partial charge in [-0.2, -0.15) is 5.10 Å². The second-order valence-electron chi connectivity index (χ2n) is 5.97. The molecule has 0 saturated carbocycles. The lowest BCUT2D eigenvalue weighted by Gasteiger charge is -2.09. The van der Waals surface area contributed by atoms with Crippen LogP contribution in [0.1, 0.15) is 18.1 Å². The number of methoxy groups -OCH3 is 2. The molecular weight excluding hydrogens is 346 g/mol. The van der Waals surface area contributed by atoms with Crippen molar-refractivity contribution < 1.29 is 19.1 Å². The van der Waals surface area contributed by atoms with E-state index >= 15 is 0 Å². The molecule has 2 amide bonds. The van der Waals surface area contributed by atoms with E-state index in [0.29, 0.717) is 29.3 Å². The van der Waals surface area contributed by atoms with Gasteiger partial charge >= 0.3 is 11.8 Å². The van der Waals surface area contributed by atoms with Crippen molar-refractivity contribution >= 4 is 23.2 Å². The van der Waals surface area contributed by atoms with E-state index < -0.39 is 11.8 Å². The van der Waals surface area contributed by atoms with E-state index in [0.717, 1.165) is 11.1 Å². The minimum absolute atomic E-state index is 0.486. The average molecular weight is 369 g/mol. The molecule has 2 N–H and O–H groups in total. The van der Waals surface area contributed by atoms with Gasteiger partial charge in [0, 0.05) is 17.8 Å². The van der Waals surface area contributed by atoms with Gasteiger partial charge in [-0.3, -0.25) is 9.59 Å². The van der Waals surface area contributed by atoms with E-state index in [9.17, 15) is 9.59 Å². The smallest absolute Gasteiger partial charge is 0.329 e. The zero-order chi connectivity index (χ0) is 19.8. The molecule has 0 fully saturated rings. The molecule has 142 valence electrons. The van der Waals surface area contributed by atoms with E-state index in [1.54, 1.807) is 39.3 Å². The van der Waals surface area contributed by atoms with Crippen molar-refractivity contribution in [2.24, 2.45) is 5.10 Å². The highest BCUT2D eigenvalue weighted by Crippen LogP contribution is 2.27. The standard InChI is InChI=1S/C20H23N3O4/c1-13-5-8-16(9-6-13)21-19(24)20(25)23-22-14(2)11-15-7-10-17(26-3)18(12-15)27-4/h5-10,12H,11H2,1-4H3,(H,21,24)(H,23,25)/b22-14-. The van der Waals surface area contributed by atoms with Crippen LogP contribution >= 0.6 is 0 Å².